The number of halogens is 7. The van der Waals surface area contributed by atoms with E-state index in [2.05, 4.69) is 55.6 Å². The van der Waals surface area contributed by atoms with E-state index in [0.29, 0.717) is 24.0 Å². The maximum Gasteiger partial charge on any atom is 0.416 e. The lowest BCUT2D eigenvalue weighted by molar-refractivity contribution is -0.138. The molecular weight excluding hydrogens is 693 g/mol. The van der Waals surface area contributed by atoms with Crippen molar-refractivity contribution in [1.82, 2.24) is 5.32 Å². The number of aryl methyl sites for hydroxylation is 3. The average molecular weight is 747 g/mol. The van der Waals surface area contributed by atoms with Crippen molar-refractivity contribution in [3.05, 3.63) is 69.8 Å². The number of benzene rings is 2. The number of carbonyl (C=O) groups is 1. The molecule has 254 valence electrons. The van der Waals surface area contributed by atoms with Crippen LogP contribution in [-0.4, -0.2) is 10.5 Å². The largest absolute Gasteiger partial charge is 0.416 e. The van der Waals surface area contributed by atoms with E-state index in [0.717, 1.165) is 42.5 Å². The van der Waals surface area contributed by atoms with Crippen LogP contribution in [0.15, 0.2) is 36.4 Å². The first-order valence-electron chi connectivity index (χ1n) is 15.0. The van der Waals surface area contributed by atoms with E-state index in [-0.39, 0.29) is 17.4 Å². The summed E-state index contributed by atoms with van der Waals surface area (Å²) in [5.74, 6) is 0. The van der Waals surface area contributed by atoms with Crippen LogP contribution in [-0.2, 0) is 38.2 Å². The van der Waals surface area contributed by atoms with Crippen molar-refractivity contribution in [2.75, 3.05) is 4.43 Å². The molecule has 0 fully saturated rings. The molecule has 0 saturated carbocycles. The number of nitrogens with one attached hydrogen (secondary N) is 1. The van der Waals surface area contributed by atoms with Gasteiger partial charge in [0.05, 0.1) is 11.1 Å². The molecule has 0 bridgehead atoms. The lowest BCUT2D eigenvalue weighted by Crippen LogP contribution is -2.29. The number of rotatable bonds is 7. The Morgan fingerprint density at radius 1 is 0.705 bits per heavy atom. The summed E-state index contributed by atoms with van der Waals surface area (Å²) >= 11 is 2.29. The van der Waals surface area contributed by atoms with Gasteiger partial charge in [-0.1, -0.05) is 104 Å². The lowest BCUT2D eigenvalue weighted by Gasteiger charge is -2.20. The molecule has 0 unspecified atom stereocenters. The van der Waals surface area contributed by atoms with E-state index < -0.39 is 29.5 Å². The quantitative estimate of drug-likeness (QED) is 0.165. The van der Waals surface area contributed by atoms with Crippen LogP contribution in [0.25, 0.3) is 0 Å². The van der Waals surface area contributed by atoms with Crippen LogP contribution in [0.3, 0.4) is 0 Å². The highest BCUT2D eigenvalue weighted by Crippen LogP contribution is 2.33. The fraction of sp³-hybridized carbons (Fsp3) is 0.618. The molecule has 0 radical (unpaired) electrons. The molecule has 3 N–H and O–H groups in total. The van der Waals surface area contributed by atoms with Gasteiger partial charge in [-0.2, -0.15) is 26.3 Å². The van der Waals surface area contributed by atoms with E-state index >= 15 is 0 Å². The molecule has 0 saturated heterocycles. The topological polar surface area (TPSA) is 55.1 Å². The molecule has 44 heavy (non-hydrogen) atoms. The summed E-state index contributed by atoms with van der Waals surface area (Å²) in [6, 6.07) is 6.99. The van der Waals surface area contributed by atoms with Crippen LogP contribution < -0.4 is 11.1 Å². The molecule has 2 amide bonds. The molecule has 0 aliphatic heterocycles. The Hall–Kier alpha value is -1.98. The fourth-order valence-electron chi connectivity index (χ4n) is 3.79. The van der Waals surface area contributed by atoms with Crippen molar-refractivity contribution in [3.63, 3.8) is 0 Å². The van der Waals surface area contributed by atoms with E-state index in [1.807, 2.05) is 41.5 Å². The molecule has 3 nitrogen and oxygen atoms in total. The van der Waals surface area contributed by atoms with Gasteiger partial charge in [0.1, 0.15) is 0 Å². The predicted octanol–water partition coefficient (Wildman–Crippen LogP) is 11.6. The number of nitrogens with two attached hydrogens (primary N) is 1. The second-order valence-corrected chi connectivity index (χ2v) is 13.9. The molecule has 0 aliphatic carbocycles. The van der Waals surface area contributed by atoms with Gasteiger partial charge in [-0.05, 0) is 93.9 Å². The third kappa shape index (κ3) is 20.1. The van der Waals surface area contributed by atoms with Gasteiger partial charge >= 0.3 is 18.4 Å². The summed E-state index contributed by atoms with van der Waals surface area (Å²) in [5.41, 5.74) is 7.05. The van der Waals surface area contributed by atoms with Gasteiger partial charge in [0.2, 0.25) is 0 Å². The van der Waals surface area contributed by atoms with E-state index in [1.165, 1.54) is 22.6 Å². The van der Waals surface area contributed by atoms with Gasteiger partial charge in [-0.15, -0.1) is 0 Å². The van der Waals surface area contributed by atoms with Crippen molar-refractivity contribution < 1.29 is 31.1 Å². The monoisotopic (exact) mass is 746 g/mol. The minimum Gasteiger partial charge on any atom is -0.352 e. The highest BCUT2D eigenvalue weighted by molar-refractivity contribution is 14.1. The molecule has 2 aromatic carbocycles. The number of amides is 2. The van der Waals surface area contributed by atoms with Crippen LogP contribution >= 0.6 is 22.6 Å². The number of urea groups is 1. The van der Waals surface area contributed by atoms with E-state index in [4.69, 9.17) is 5.73 Å². The molecule has 0 atom stereocenters. The van der Waals surface area contributed by atoms with Crippen molar-refractivity contribution in [2.24, 2.45) is 16.6 Å². The van der Waals surface area contributed by atoms with Crippen LogP contribution in [0.5, 0.6) is 0 Å². The Kier molecular flexibility index (Phi) is 20.3. The summed E-state index contributed by atoms with van der Waals surface area (Å²) in [4.78, 5) is 10.8. The Morgan fingerprint density at radius 2 is 1.05 bits per heavy atom. The summed E-state index contributed by atoms with van der Waals surface area (Å²) in [6.45, 7) is 20.6. The first-order valence-corrected chi connectivity index (χ1v) is 16.5. The standard InChI is InChI=1S/C15H21F3N2O.C15H21F3.C2H5I.C2H6/c1-14(2,3)7-6-10-8-12(15(16,17)18)5-4-11(10)9-20-13(19)21;1-5-11-6-7-13(15(16,17)18)10-12(11)8-9-14(2,3)4;1-2-3;1-2/h4-5,8H,6-7,9H2,1-3H3,(H3,19,20,21);6-7,10H,5,8-9H2,1-4H3;2H2,1H3;1-2H3. The number of alkyl halides is 7. The minimum absolute atomic E-state index is 0.0165. The molecule has 10 heteroatoms. The van der Waals surface area contributed by atoms with Gasteiger partial charge in [-0.3, -0.25) is 0 Å². The number of carbonyl (C=O) groups excluding carboxylic acids is 1. The first-order chi connectivity index (χ1) is 20.0. The number of primary amides is 1. The summed E-state index contributed by atoms with van der Waals surface area (Å²) < 4.78 is 77.6. The lowest BCUT2D eigenvalue weighted by atomic mass is 9.87. The van der Waals surface area contributed by atoms with Crippen LogP contribution in [0.2, 0.25) is 0 Å². The summed E-state index contributed by atoms with van der Waals surface area (Å²) in [5, 5.41) is 2.42. The van der Waals surface area contributed by atoms with E-state index in [1.54, 1.807) is 6.07 Å². The van der Waals surface area contributed by atoms with Gasteiger partial charge in [0.15, 0.2) is 0 Å². The Bertz CT molecular complexity index is 1100. The van der Waals surface area contributed by atoms with Gasteiger partial charge in [-0.25, -0.2) is 4.79 Å². The maximum atomic E-state index is 12.8. The Morgan fingerprint density at radius 3 is 1.34 bits per heavy atom. The smallest absolute Gasteiger partial charge is 0.352 e. The molecule has 2 aromatic rings. The van der Waals surface area contributed by atoms with Gasteiger partial charge < -0.3 is 11.1 Å². The van der Waals surface area contributed by atoms with Crippen molar-refractivity contribution in [2.45, 2.75) is 120 Å². The molecule has 0 aromatic heterocycles. The summed E-state index contributed by atoms with van der Waals surface area (Å²) in [6.07, 6.45) is -4.98. The highest BCUT2D eigenvalue weighted by Gasteiger charge is 2.32. The van der Waals surface area contributed by atoms with Crippen molar-refractivity contribution >= 4 is 28.6 Å². The van der Waals surface area contributed by atoms with Crippen LogP contribution in [0.4, 0.5) is 31.1 Å². The Balaban J connectivity index is 0. The van der Waals surface area contributed by atoms with Crippen molar-refractivity contribution in [1.29, 1.82) is 0 Å². The fourth-order valence-corrected chi connectivity index (χ4v) is 3.79. The van der Waals surface area contributed by atoms with Crippen LogP contribution in [0.1, 0.15) is 115 Å². The van der Waals surface area contributed by atoms with Gasteiger partial charge in [0, 0.05) is 6.54 Å². The average Bonchev–Trinajstić information content (AvgIpc) is 2.89. The maximum absolute atomic E-state index is 12.8. The predicted molar refractivity (Wildman–Crippen MR) is 180 cm³/mol. The molecule has 2 rings (SSSR count). The molecule has 0 spiro atoms. The summed E-state index contributed by atoms with van der Waals surface area (Å²) in [7, 11) is 0. The minimum atomic E-state index is -4.37. The third-order valence-electron chi connectivity index (χ3n) is 6.19. The molecular formula is C34H53F6IN2O. The molecule has 0 aliphatic rings. The SMILES string of the molecule is CC.CC(C)(C)CCc1cc(C(F)(F)F)ccc1CNC(N)=O.CCI.CCc1ccc(C(F)(F)F)cc1CCC(C)(C)C. The van der Waals surface area contributed by atoms with Crippen molar-refractivity contribution in [3.8, 4) is 0 Å². The number of hydrogen-bond acceptors (Lipinski definition) is 1. The Labute approximate surface area is 275 Å². The second-order valence-electron chi connectivity index (χ2n) is 12.4. The first kappa shape index (κ1) is 44.1. The second kappa shape index (κ2) is 20.2. The zero-order chi connectivity index (χ0) is 34.9. The number of hydrogen-bond donors (Lipinski definition) is 2. The zero-order valence-electron chi connectivity index (χ0n) is 28.0. The van der Waals surface area contributed by atoms with E-state index in [9.17, 15) is 31.1 Å². The highest BCUT2D eigenvalue weighted by atomic mass is 127. The van der Waals surface area contributed by atoms with Gasteiger partial charge in [0.25, 0.3) is 0 Å². The zero-order valence-corrected chi connectivity index (χ0v) is 30.2. The normalized spacial score (nSPS) is 11.7. The third-order valence-corrected chi connectivity index (χ3v) is 6.19. The van der Waals surface area contributed by atoms with Crippen LogP contribution in [0, 0.1) is 10.8 Å². The molecule has 0 heterocycles.